The maximum atomic E-state index is 12.9. The number of nitrogens with one attached hydrogen (secondary N) is 2. The van der Waals surface area contributed by atoms with E-state index in [0.29, 0.717) is 29.1 Å². The number of hydrogen-bond donors (Lipinski definition) is 2. The molecule has 2 N–H and O–H groups in total. The number of aromatic amines is 1. The molecule has 1 saturated heterocycles. The maximum absolute atomic E-state index is 12.9. The van der Waals surface area contributed by atoms with Crippen LogP contribution in [0.1, 0.15) is 58.8 Å². The molecule has 0 aliphatic carbocycles. The highest BCUT2D eigenvalue weighted by Crippen LogP contribution is 2.24. The fourth-order valence-corrected chi connectivity index (χ4v) is 3.78. The summed E-state index contributed by atoms with van der Waals surface area (Å²) in [4.78, 5) is 30.5. The molecule has 6 nitrogen and oxygen atoms in total. The molecule has 1 fully saturated rings. The zero-order valence-electron chi connectivity index (χ0n) is 17.1. The van der Waals surface area contributed by atoms with Crippen molar-refractivity contribution >= 4 is 23.1 Å². The molecule has 2 aromatic rings. The Hall–Kier alpha value is -2.76. The first-order valence-corrected chi connectivity index (χ1v) is 9.94. The van der Waals surface area contributed by atoms with Crippen LogP contribution >= 0.6 is 0 Å². The van der Waals surface area contributed by atoms with Crippen LogP contribution < -0.4 is 10.2 Å². The number of anilines is 2. The zero-order valence-corrected chi connectivity index (χ0v) is 17.1. The summed E-state index contributed by atoms with van der Waals surface area (Å²) in [5, 5.41) is 3.26. The van der Waals surface area contributed by atoms with Gasteiger partial charge < -0.3 is 19.9 Å². The number of H-pyrrole nitrogens is 1. The topological polar surface area (TPSA) is 74.4 Å². The van der Waals surface area contributed by atoms with Crippen LogP contribution in [0.25, 0.3) is 0 Å². The molecule has 6 heteroatoms. The summed E-state index contributed by atoms with van der Waals surface area (Å²) in [6.45, 7) is 9.67. The standard InChI is InChI=1S/C22H29N3O3/c1-5-28-22(27)19-14(2)20(24-15(19)3)21(26)16(4)23-17-8-10-18(11-9-17)25-12-6-7-13-25/h8-11,16,23-24H,5-7,12-13H2,1-4H3/t16-/m1/s1. The Morgan fingerprint density at radius 1 is 1.18 bits per heavy atom. The number of ether oxygens (including phenoxy) is 1. The van der Waals surface area contributed by atoms with Gasteiger partial charge in [0.2, 0.25) is 5.78 Å². The normalized spacial score (nSPS) is 14.8. The number of aromatic nitrogens is 1. The Labute approximate surface area is 166 Å². The second-order valence-electron chi connectivity index (χ2n) is 7.32. The minimum atomic E-state index is -0.426. The highest BCUT2D eigenvalue weighted by Gasteiger charge is 2.25. The maximum Gasteiger partial charge on any atom is 0.340 e. The van der Waals surface area contributed by atoms with Gasteiger partial charge >= 0.3 is 5.97 Å². The number of hydrogen-bond acceptors (Lipinski definition) is 5. The van der Waals surface area contributed by atoms with Crippen LogP contribution in [0.4, 0.5) is 11.4 Å². The van der Waals surface area contributed by atoms with Crippen molar-refractivity contribution in [1.82, 2.24) is 4.98 Å². The number of esters is 1. The number of Topliss-reactive ketones (excluding diaryl/α,β-unsaturated/α-hetero) is 1. The zero-order chi connectivity index (χ0) is 20.3. The van der Waals surface area contributed by atoms with Gasteiger partial charge in [0, 0.05) is 30.2 Å². The van der Waals surface area contributed by atoms with E-state index in [4.69, 9.17) is 4.74 Å². The van der Waals surface area contributed by atoms with Crippen LogP contribution in [0.15, 0.2) is 24.3 Å². The highest BCUT2D eigenvalue weighted by atomic mass is 16.5. The highest BCUT2D eigenvalue weighted by molar-refractivity contribution is 6.04. The molecule has 2 heterocycles. The van der Waals surface area contributed by atoms with Crippen molar-refractivity contribution in [3.63, 3.8) is 0 Å². The third-order valence-electron chi connectivity index (χ3n) is 5.28. The van der Waals surface area contributed by atoms with Gasteiger partial charge in [-0.3, -0.25) is 4.79 Å². The molecule has 0 amide bonds. The quantitative estimate of drug-likeness (QED) is 0.556. The van der Waals surface area contributed by atoms with E-state index in [0.717, 1.165) is 18.8 Å². The Bertz CT molecular complexity index is 849. The lowest BCUT2D eigenvalue weighted by atomic mass is 10.0. The van der Waals surface area contributed by atoms with Gasteiger partial charge in [0.1, 0.15) is 0 Å². The summed E-state index contributed by atoms with van der Waals surface area (Å²) in [6, 6.07) is 7.77. The molecule has 1 aromatic heterocycles. The predicted octanol–water partition coefficient (Wildman–Crippen LogP) is 4.09. The predicted molar refractivity (Wildman–Crippen MR) is 112 cm³/mol. The van der Waals surface area contributed by atoms with Crippen molar-refractivity contribution in [3.05, 3.63) is 46.8 Å². The number of nitrogens with zero attached hydrogens (tertiary/aromatic N) is 1. The van der Waals surface area contributed by atoms with E-state index in [1.807, 2.05) is 19.1 Å². The first-order valence-electron chi connectivity index (χ1n) is 9.94. The fraction of sp³-hybridized carbons (Fsp3) is 0.455. The summed E-state index contributed by atoms with van der Waals surface area (Å²) in [5.74, 6) is -0.481. The first kappa shape index (κ1) is 20.0. The molecule has 1 aliphatic rings. The van der Waals surface area contributed by atoms with Crippen molar-refractivity contribution < 1.29 is 14.3 Å². The average molecular weight is 383 g/mol. The smallest absolute Gasteiger partial charge is 0.340 e. The van der Waals surface area contributed by atoms with Gasteiger partial charge in [-0.25, -0.2) is 4.79 Å². The Kier molecular flexibility index (Phi) is 6.07. The van der Waals surface area contributed by atoms with Gasteiger partial charge in [-0.1, -0.05) is 0 Å². The van der Waals surface area contributed by atoms with Crippen LogP contribution in [-0.2, 0) is 4.74 Å². The Balaban J connectivity index is 1.71. The number of aryl methyl sites for hydroxylation is 1. The molecule has 0 bridgehead atoms. The minimum Gasteiger partial charge on any atom is -0.462 e. The SMILES string of the molecule is CCOC(=O)c1c(C)[nH]c(C(=O)[C@@H](C)Nc2ccc(N3CCCC3)cc2)c1C. The third-order valence-corrected chi connectivity index (χ3v) is 5.28. The van der Waals surface area contributed by atoms with E-state index in [1.165, 1.54) is 18.5 Å². The summed E-state index contributed by atoms with van der Waals surface area (Å²) in [7, 11) is 0. The van der Waals surface area contributed by atoms with Crippen LogP contribution in [0, 0.1) is 13.8 Å². The molecule has 28 heavy (non-hydrogen) atoms. The minimum absolute atomic E-state index is 0.0835. The van der Waals surface area contributed by atoms with E-state index < -0.39 is 12.0 Å². The number of carbonyl (C=O) groups excluding carboxylic acids is 2. The Morgan fingerprint density at radius 2 is 1.82 bits per heavy atom. The third kappa shape index (κ3) is 4.06. The van der Waals surface area contributed by atoms with Crippen molar-refractivity contribution in [1.29, 1.82) is 0 Å². The second kappa shape index (κ2) is 8.50. The molecule has 150 valence electrons. The molecule has 0 spiro atoms. The molecule has 1 atom stereocenters. The van der Waals surface area contributed by atoms with E-state index in [9.17, 15) is 9.59 Å². The molecular formula is C22H29N3O3. The molecule has 1 aliphatic heterocycles. The molecule has 3 rings (SSSR count). The van der Waals surface area contributed by atoms with Gasteiger partial charge in [-0.15, -0.1) is 0 Å². The van der Waals surface area contributed by atoms with E-state index in [-0.39, 0.29) is 5.78 Å². The molecule has 0 unspecified atom stereocenters. The lowest BCUT2D eigenvalue weighted by molar-refractivity contribution is 0.0525. The summed E-state index contributed by atoms with van der Waals surface area (Å²) >= 11 is 0. The lowest BCUT2D eigenvalue weighted by Gasteiger charge is -2.19. The monoisotopic (exact) mass is 383 g/mol. The fourth-order valence-electron chi connectivity index (χ4n) is 3.78. The van der Waals surface area contributed by atoms with Crippen LogP contribution in [0.2, 0.25) is 0 Å². The number of benzene rings is 1. The van der Waals surface area contributed by atoms with Gasteiger partial charge in [0.25, 0.3) is 0 Å². The number of carbonyl (C=O) groups is 2. The van der Waals surface area contributed by atoms with Crippen molar-refractivity contribution in [2.24, 2.45) is 0 Å². The van der Waals surface area contributed by atoms with Crippen LogP contribution in [-0.4, -0.2) is 42.5 Å². The van der Waals surface area contributed by atoms with Crippen molar-refractivity contribution in [2.45, 2.75) is 46.6 Å². The van der Waals surface area contributed by atoms with Crippen molar-refractivity contribution in [2.75, 3.05) is 29.9 Å². The Morgan fingerprint density at radius 3 is 2.43 bits per heavy atom. The van der Waals surface area contributed by atoms with Gasteiger partial charge in [0.05, 0.1) is 23.9 Å². The van der Waals surface area contributed by atoms with Gasteiger partial charge in [-0.2, -0.15) is 0 Å². The van der Waals surface area contributed by atoms with E-state index >= 15 is 0 Å². The molecule has 1 aromatic carbocycles. The van der Waals surface area contributed by atoms with Gasteiger partial charge in [-0.05, 0) is 70.4 Å². The molecular weight excluding hydrogens is 354 g/mol. The largest absolute Gasteiger partial charge is 0.462 e. The lowest BCUT2D eigenvalue weighted by Crippen LogP contribution is -2.27. The molecule has 0 radical (unpaired) electrons. The first-order chi connectivity index (χ1) is 13.4. The van der Waals surface area contributed by atoms with E-state index in [2.05, 4.69) is 27.3 Å². The van der Waals surface area contributed by atoms with Gasteiger partial charge in [0.15, 0.2) is 0 Å². The summed E-state index contributed by atoms with van der Waals surface area (Å²) in [5.41, 5.74) is 4.31. The molecule has 0 saturated carbocycles. The van der Waals surface area contributed by atoms with E-state index in [1.54, 1.807) is 20.8 Å². The number of ketones is 1. The second-order valence-corrected chi connectivity index (χ2v) is 7.32. The summed E-state index contributed by atoms with van der Waals surface area (Å²) in [6.07, 6.45) is 2.49. The summed E-state index contributed by atoms with van der Waals surface area (Å²) < 4.78 is 5.10. The number of rotatable bonds is 7. The van der Waals surface area contributed by atoms with Crippen molar-refractivity contribution in [3.8, 4) is 0 Å². The van der Waals surface area contributed by atoms with Crippen LogP contribution in [0.3, 0.4) is 0 Å². The van der Waals surface area contributed by atoms with Crippen LogP contribution in [0.5, 0.6) is 0 Å². The average Bonchev–Trinajstić information content (AvgIpc) is 3.30.